The van der Waals surface area contributed by atoms with Gasteiger partial charge in [-0.2, -0.15) is 0 Å². The average Bonchev–Trinajstić information content (AvgIpc) is 3.20. The molecule has 26 heavy (non-hydrogen) atoms. The highest BCUT2D eigenvalue weighted by molar-refractivity contribution is 8.00. The molecule has 3 fully saturated rings. The Bertz CT molecular complexity index is 547. The fraction of sp³-hybridized carbons (Fsp3) is 0.812. The number of hydrogen-bond acceptors (Lipinski definition) is 8. The van der Waals surface area contributed by atoms with Gasteiger partial charge in [0.2, 0.25) is 11.8 Å². The topological polar surface area (TPSA) is 112 Å². The molecule has 3 saturated heterocycles. The van der Waals surface area contributed by atoms with Crippen LogP contribution >= 0.6 is 11.8 Å². The van der Waals surface area contributed by atoms with Crippen molar-refractivity contribution in [2.24, 2.45) is 5.92 Å². The zero-order chi connectivity index (χ0) is 18.7. The molecule has 9 nitrogen and oxygen atoms in total. The van der Waals surface area contributed by atoms with Gasteiger partial charge in [0.25, 0.3) is 0 Å². The second kappa shape index (κ2) is 8.55. The van der Waals surface area contributed by atoms with Crippen molar-refractivity contribution in [1.82, 2.24) is 26.4 Å². The Kier molecular flexibility index (Phi) is 6.38. The summed E-state index contributed by atoms with van der Waals surface area (Å²) < 4.78 is 4.94. The third-order valence-electron chi connectivity index (χ3n) is 4.71. The van der Waals surface area contributed by atoms with Crippen molar-refractivity contribution in [3.05, 3.63) is 0 Å². The second-order valence-electron chi connectivity index (χ2n) is 7.07. The van der Waals surface area contributed by atoms with Crippen molar-refractivity contribution in [2.45, 2.75) is 56.8 Å². The minimum Gasteiger partial charge on any atom is -0.447 e. The molecule has 0 radical (unpaired) electrons. The fourth-order valence-corrected chi connectivity index (χ4v) is 4.80. The van der Waals surface area contributed by atoms with Crippen molar-refractivity contribution < 1.29 is 19.1 Å². The summed E-state index contributed by atoms with van der Waals surface area (Å²) in [6, 6.07) is -0.304. The van der Waals surface area contributed by atoms with Gasteiger partial charge < -0.3 is 15.4 Å². The summed E-state index contributed by atoms with van der Waals surface area (Å²) in [7, 11) is 0. The first-order valence-corrected chi connectivity index (χ1v) is 10.2. The summed E-state index contributed by atoms with van der Waals surface area (Å²) in [4.78, 5) is 36.6. The minimum absolute atomic E-state index is 0.108. The number of hydrazine groups is 1. The zero-order valence-corrected chi connectivity index (χ0v) is 15.9. The summed E-state index contributed by atoms with van der Waals surface area (Å²) in [5.41, 5.74) is 3.24. The van der Waals surface area contributed by atoms with E-state index in [9.17, 15) is 14.4 Å². The molecule has 3 aliphatic rings. The predicted octanol–water partition coefficient (Wildman–Crippen LogP) is -0.259. The number of ether oxygens (including phenoxy) is 1. The van der Waals surface area contributed by atoms with E-state index in [0.29, 0.717) is 12.8 Å². The normalized spacial score (nSPS) is 31.5. The van der Waals surface area contributed by atoms with E-state index in [0.717, 1.165) is 25.3 Å². The number of amides is 3. The molecule has 0 saturated carbocycles. The molecule has 10 heteroatoms. The van der Waals surface area contributed by atoms with Gasteiger partial charge in [-0.1, -0.05) is 0 Å². The van der Waals surface area contributed by atoms with Gasteiger partial charge in [0.1, 0.15) is 6.04 Å². The predicted molar refractivity (Wildman–Crippen MR) is 96.9 cm³/mol. The van der Waals surface area contributed by atoms with E-state index in [-0.39, 0.29) is 29.6 Å². The maximum absolute atomic E-state index is 12.6. The van der Waals surface area contributed by atoms with Crippen LogP contribution in [-0.2, 0) is 14.3 Å². The number of thioether (sulfide) groups is 1. The van der Waals surface area contributed by atoms with Gasteiger partial charge in [-0.05, 0) is 39.0 Å². The molecule has 0 bridgehead atoms. The largest absolute Gasteiger partial charge is 0.447 e. The quantitative estimate of drug-likeness (QED) is 0.524. The molecule has 3 rings (SSSR count). The van der Waals surface area contributed by atoms with E-state index >= 15 is 0 Å². The van der Waals surface area contributed by atoms with Crippen LogP contribution in [0.4, 0.5) is 4.79 Å². The molecule has 146 valence electrons. The third-order valence-corrected chi connectivity index (χ3v) is 5.99. The summed E-state index contributed by atoms with van der Waals surface area (Å²) in [5, 5.41) is 10.4. The molecule has 3 amide bonds. The first kappa shape index (κ1) is 19.4. The Balaban J connectivity index is 1.51. The van der Waals surface area contributed by atoms with Crippen LogP contribution in [0.3, 0.4) is 0 Å². The highest BCUT2D eigenvalue weighted by atomic mass is 32.2. The number of fused-ring (bicyclic) bond motifs is 1. The number of carbonyl (C=O) groups is 3. The highest BCUT2D eigenvalue weighted by Gasteiger charge is 2.40. The van der Waals surface area contributed by atoms with Crippen LogP contribution in [0.5, 0.6) is 0 Å². The lowest BCUT2D eigenvalue weighted by Gasteiger charge is -2.29. The lowest BCUT2D eigenvalue weighted by molar-refractivity contribution is -0.126. The summed E-state index contributed by atoms with van der Waals surface area (Å²) >= 11 is 1.53. The van der Waals surface area contributed by atoms with Crippen molar-refractivity contribution >= 4 is 29.7 Å². The molecular formula is C16H27N5O4S. The molecule has 3 aliphatic heterocycles. The van der Waals surface area contributed by atoms with Crippen LogP contribution in [0.2, 0.25) is 0 Å². The molecule has 4 N–H and O–H groups in total. The van der Waals surface area contributed by atoms with Crippen molar-refractivity contribution in [3.63, 3.8) is 0 Å². The average molecular weight is 385 g/mol. The Morgan fingerprint density at radius 3 is 2.81 bits per heavy atom. The number of alkyl carbamates (subject to hydrolysis) is 1. The van der Waals surface area contributed by atoms with E-state index in [1.807, 2.05) is 0 Å². The van der Waals surface area contributed by atoms with E-state index in [2.05, 4.69) is 26.4 Å². The summed E-state index contributed by atoms with van der Waals surface area (Å²) in [6.45, 7) is 5.32. The van der Waals surface area contributed by atoms with E-state index < -0.39 is 17.9 Å². The van der Waals surface area contributed by atoms with Gasteiger partial charge in [0.15, 0.2) is 0 Å². The SMILES string of the molecule is CC(C)OC(=O)NC(=O)C1CCSC1NC(=O)C1CC2NCCCN2N1. The zero-order valence-electron chi connectivity index (χ0n) is 15.1. The van der Waals surface area contributed by atoms with Crippen LogP contribution in [0, 0.1) is 5.92 Å². The molecular weight excluding hydrogens is 358 g/mol. The molecule has 0 aromatic carbocycles. The smallest absolute Gasteiger partial charge is 0.414 e. The van der Waals surface area contributed by atoms with Crippen LogP contribution in [0.15, 0.2) is 0 Å². The lowest BCUT2D eigenvalue weighted by Crippen LogP contribution is -2.53. The Morgan fingerprint density at radius 1 is 1.27 bits per heavy atom. The highest BCUT2D eigenvalue weighted by Crippen LogP contribution is 2.31. The molecule has 4 atom stereocenters. The number of nitrogens with one attached hydrogen (secondary N) is 4. The van der Waals surface area contributed by atoms with E-state index in [1.165, 1.54) is 11.8 Å². The molecule has 0 aromatic heterocycles. The Morgan fingerprint density at radius 2 is 2.08 bits per heavy atom. The van der Waals surface area contributed by atoms with Crippen LogP contribution in [0.25, 0.3) is 0 Å². The maximum Gasteiger partial charge on any atom is 0.414 e. The van der Waals surface area contributed by atoms with Gasteiger partial charge >= 0.3 is 6.09 Å². The van der Waals surface area contributed by atoms with Gasteiger partial charge in [-0.25, -0.2) is 15.2 Å². The van der Waals surface area contributed by atoms with E-state index in [1.54, 1.807) is 13.8 Å². The van der Waals surface area contributed by atoms with Gasteiger partial charge in [-0.15, -0.1) is 11.8 Å². The van der Waals surface area contributed by atoms with Crippen LogP contribution < -0.4 is 21.4 Å². The van der Waals surface area contributed by atoms with Crippen LogP contribution in [0.1, 0.15) is 33.1 Å². The van der Waals surface area contributed by atoms with Crippen molar-refractivity contribution in [1.29, 1.82) is 0 Å². The second-order valence-corrected chi connectivity index (χ2v) is 8.32. The minimum atomic E-state index is -0.743. The first-order chi connectivity index (χ1) is 12.4. The molecule has 4 unspecified atom stereocenters. The molecule has 0 aromatic rings. The number of hydrogen-bond donors (Lipinski definition) is 4. The number of nitrogens with zero attached hydrogens (tertiary/aromatic N) is 1. The number of carbonyl (C=O) groups excluding carboxylic acids is 3. The Labute approximate surface area is 157 Å². The van der Waals surface area contributed by atoms with Crippen molar-refractivity contribution in [3.8, 4) is 0 Å². The fourth-order valence-electron chi connectivity index (χ4n) is 3.47. The van der Waals surface area contributed by atoms with Crippen molar-refractivity contribution in [2.75, 3.05) is 18.8 Å². The van der Waals surface area contributed by atoms with E-state index in [4.69, 9.17) is 4.74 Å². The number of imide groups is 1. The third kappa shape index (κ3) is 4.67. The number of rotatable bonds is 4. The maximum atomic E-state index is 12.6. The molecule has 3 heterocycles. The van der Waals surface area contributed by atoms with Gasteiger partial charge in [0, 0.05) is 13.0 Å². The van der Waals surface area contributed by atoms with Crippen LogP contribution in [-0.4, -0.2) is 65.4 Å². The first-order valence-electron chi connectivity index (χ1n) is 9.13. The Hall–Kier alpha value is -1.36. The summed E-state index contributed by atoms with van der Waals surface area (Å²) in [5.74, 6) is -0.185. The monoisotopic (exact) mass is 385 g/mol. The standard InChI is InChI=1S/C16H27N5O4S/c1-9(2)25-16(24)19-13(22)10-4-7-26-15(10)18-14(23)11-8-12-17-5-3-6-21(12)20-11/h9-12,15,17,20H,3-8H2,1-2H3,(H,18,23)(H,19,22,24). The van der Waals surface area contributed by atoms with Gasteiger partial charge in [0.05, 0.1) is 23.6 Å². The molecule has 0 aliphatic carbocycles. The van der Waals surface area contributed by atoms with Gasteiger partial charge in [-0.3, -0.25) is 14.9 Å². The lowest BCUT2D eigenvalue weighted by atomic mass is 10.1. The summed E-state index contributed by atoms with van der Waals surface area (Å²) in [6.07, 6.45) is 1.50. The molecule has 0 spiro atoms.